The molecule has 1 amide bonds. The van der Waals surface area contributed by atoms with Crippen molar-refractivity contribution >= 4 is 5.91 Å². The minimum absolute atomic E-state index is 0.0679. The van der Waals surface area contributed by atoms with Gasteiger partial charge in [0.2, 0.25) is 5.91 Å². The summed E-state index contributed by atoms with van der Waals surface area (Å²) in [5.41, 5.74) is 2.42. The second-order valence-corrected chi connectivity index (χ2v) is 9.97. The van der Waals surface area contributed by atoms with Crippen LogP contribution in [0.5, 0.6) is 0 Å². The average Bonchev–Trinajstić information content (AvgIpc) is 3.36. The van der Waals surface area contributed by atoms with Gasteiger partial charge < -0.3 is 9.64 Å². The zero-order chi connectivity index (χ0) is 20.2. The molecule has 29 heavy (non-hydrogen) atoms. The molecule has 2 aliphatic heterocycles. The van der Waals surface area contributed by atoms with Crippen LogP contribution in [0.2, 0.25) is 0 Å². The van der Waals surface area contributed by atoms with Gasteiger partial charge >= 0.3 is 0 Å². The summed E-state index contributed by atoms with van der Waals surface area (Å²) < 4.78 is 7.66. The van der Waals surface area contributed by atoms with Gasteiger partial charge in [-0.2, -0.15) is 5.10 Å². The summed E-state index contributed by atoms with van der Waals surface area (Å²) in [6.45, 7) is 8.87. The van der Waals surface area contributed by atoms with Gasteiger partial charge in [0.25, 0.3) is 0 Å². The molecule has 6 heteroatoms. The first-order valence-corrected chi connectivity index (χ1v) is 10.7. The molecule has 1 unspecified atom stereocenters. The van der Waals surface area contributed by atoms with Crippen molar-refractivity contribution in [2.45, 2.75) is 57.5 Å². The standard InChI is InChI=1S/C23H30N4O2/c1-22(2,3)27-14-17(13-25-27)20-23(6-9-29-10-7-23)15-26(20)21(28)19-11-18(19)16-5-4-8-24-12-16/h4-5,8,12-14,18-20H,6-7,9-11,15H2,1-3H3/t18-,19+,20?/m0/s1. The van der Waals surface area contributed by atoms with Crippen molar-refractivity contribution in [3.8, 4) is 0 Å². The van der Waals surface area contributed by atoms with Gasteiger partial charge in [0, 0.05) is 55.2 Å². The Balaban J connectivity index is 1.39. The second-order valence-electron chi connectivity index (χ2n) is 9.97. The molecule has 2 aromatic rings. The minimum atomic E-state index is -0.0679. The molecule has 0 N–H and O–H groups in total. The van der Waals surface area contributed by atoms with E-state index in [9.17, 15) is 4.79 Å². The number of likely N-dealkylation sites (tertiary alicyclic amines) is 1. The maximum Gasteiger partial charge on any atom is 0.226 e. The Morgan fingerprint density at radius 1 is 1.21 bits per heavy atom. The zero-order valence-electron chi connectivity index (χ0n) is 17.5. The number of amides is 1. The number of aromatic nitrogens is 3. The lowest BCUT2D eigenvalue weighted by Gasteiger charge is -2.59. The Morgan fingerprint density at radius 3 is 2.66 bits per heavy atom. The van der Waals surface area contributed by atoms with E-state index in [1.165, 1.54) is 11.1 Å². The molecule has 6 nitrogen and oxygen atoms in total. The quantitative estimate of drug-likeness (QED) is 0.799. The first-order chi connectivity index (χ1) is 13.9. The molecular formula is C23H30N4O2. The lowest BCUT2D eigenvalue weighted by Crippen LogP contribution is -2.62. The Bertz CT molecular complexity index is 895. The minimum Gasteiger partial charge on any atom is -0.381 e. The molecule has 154 valence electrons. The number of carbonyl (C=O) groups is 1. The molecular weight excluding hydrogens is 364 g/mol. The molecule has 2 saturated heterocycles. The van der Waals surface area contributed by atoms with E-state index in [2.05, 4.69) is 48.0 Å². The van der Waals surface area contributed by atoms with Crippen molar-refractivity contribution < 1.29 is 9.53 Å². The summed E-state index contributed by atoms with van der Waals surface area (Å²) in [6, 6.07) is 4.16. The summed E-state index contributed by atoms with van der Waals surface area (Å²) in [4.78, 5) is 19.8. The number of rotatable bonds is 3. The molecule has 1 aliphatic carbocycles. The third-order valence-electron chi connectivity index (χ3n) is 6.97. The van der Waals surface area contributed by atoms with Gasteiger partial charge in [-0.15, -0.1) is 0 Å². The van der Waals surface area contributed by atoms with Gasteiger partial charge in [0.15, 0.2) is 0 Å². The largest absolute Gasteiger partial charge is 0.381 e. The lowest BCUT2D eigenvalue weighted by molar-refractivity contribution is -0.170. The van der Waals surface area contributed by atoms with Crippen LogP contribution in [-0.4, -0.2) is 45.3 Å². The van der Waals surface area contributed by atoms with Gasteiger partial charge in [-0.1, -0.05) is 6.07 Å². The Morgan fingerprint density at radius 2 is 2.00 bits per heavy atom. The zero-order valence-corrected chi connectivity index (χ0v) is 17.5. The third-order valence-corrected chi connectivity index (χ3v) is 6.97. The van der Waals surface area contributed by atoms with Crippen LogP contribution in [0.4, 0.5) is 0 Å². The number of carbonyl (C=O) groups excluding carboxylic acids is 1. The molecule has 2 aromatic heterocycles. The third kappa shape index (κ3) is 3.18. The summed E-state index contributed by atoms with van der Waals surface area (Å²) in [6.07, 6.45) is 10.8. The molecule has 1 saturated carbocycles. The van der Waals surface area contributed by atoms with E-state index < -0.39 is 0 Å². The molecule has 0 aromatic carbocycles. The highest BCUT2D eigenvalue weighted by molar-refractivity contribution is 5.84. The van der Waals surface area contributed by atoms with Gasteiger partial charge in [-0.05, 0) is 57.6 Å². The number of nitrogens with zero attached hydrogens (tertiary/aromatic N) is 4. The Kier molecular flexibility index (Phi) is 4.32. The maximum absolute atomic E-state index is 13.4. The molecule has 5 rings (SSSR count). The Hall–Kier alpha value is -2.21. The van der Waals surface area contributed by atoms with Crippen molar-refractivity contribution in [1.82, 2.24) is 19.7 Å². The van der Waals surface area contributed by atoms with Crippen LogP contribution in [0, 0.1) is 11.3 Å². The topological polar surface area (TPSA) is 60.2 Å². The maximum atomic E-state index is 13.4. The van der Waals surface area contributed by atoms with Crippen molar-refractivity contribution in [3.63, 3.8) is 0 Å². The molecule has 3 fully saturated rings. The average molecular weight is 395 g/mol. The van der Waals surface area contributed by atoms with Crippen LogP contribution in [0.25, 0.3) is 0 Å². The van der Waals surface area contributed by atoms with E-state index in [-0.39, 0.29) is 22.9 Å². The van der Waals surface area contributed by atoms with Gasteiger partial charge in [-0.25, -0.2) is 0 Å². The van der Waals surface area contributed by atoms with Crippen molar-refractivity contribution in [2.24, 2.45) is 11.3 Å². The summed E-state index contributed by atoms with van der Waals surface area (Å²) >= 11 is 0. The van der Waals surface area contributed by atoms with E-state index in [0.717, 1.165) is 39.0 Å². The smallest absolute Gasteiger partial charge is 0.226 e. The van der Waals surface area contributed by atoms with Crippen molar-refractivity contribution in [1.29, 1.82) is 0 Å². The molecule has 3 aliphatic rings. The van der Waals surface area contributed by atoms with Crippen molar-refractivity contribution in [2.75, 3.05) is 19.8 Å². The van der Waals surface area contributed by atoms with E-state index in [1.54, 1.807) is 6.20 Å². The van der Waals surface area contributed by atoms with Crippen LogP contribution in [0.1, 0.15) is 63.1 Å². The van der Waals surface area contributed by atoms with Crippen LogP contribution >= 0.6 is 0 Å². The predicted molar refractivity (Wildman–Crippen MR) is 109 cm³/mol. The van der Waals surface area contributed by atoms with E-state index in [0.29, 0.717) is 11.8 Å². The lowest BCUT2D eigenvalue weighted by atomic mass is 9.64. The number of hydrogen-bond donors (Lipinski definition) is 0. The summed E-state index contributed by atoms with van der Waals surface area (Å²) in [7, 11) is 0. The van der Waals surface area contributed by atoms with Crippen LogP contribution < -0.4 is 0 Å². The predicted octanol–water partition coefficient (Wildman–Crippen LogP) is 3.52. The molecule has 4 heterocycles. The number of hydrogen-bond acceptors (Lipinski definition) is 4. The molecule has 1 spiro atoms. The second kappa shape index (κ2) is 6.66. The SMILES string of the molecule is CC(C)(C)n1cc(C2N(C(=O)[C@@H]3C[C@H]3c3cccnc3)CC23CCOCC3)cn1. The van der Waals surface area contributed by atoms with Gasteiger partial charge in [0.1, 0.15) is 0 Å². The van der Waals surface area contributed by atoms with E-state index in [4.69, 9.17) is 4.74 Å². The fraction of sp³-hybridized carbons (Fsp3) is 0.609. The highest BCUT2D eigenvalue weighted by Gasteiger charge is 2.59. The van der Waals surface area contributed by atoms with Gasteiger partial charge in [-0.3, -0.25) is 14.5 Å². The number of pyridine rings is 1. The van der Waals surface area contributed by atoms with Crippen LogP contribution in [0.15, 0.2) is 36.9 Å². The van der Waals surface area contributed by atoms with Crippen LogP contribution in [0.3, 0.4) is 0 Å². The fourth-order valence-electron chi connectivity index (χ4n) is 5.17. The van der Waals surface area contributed by atoms with Crippen molar-refractivity contribution in [3.05, 3.63) is 48.0 Å². The first kappa shape index (κ1) is 18.8. The highest BCUT2D eigenvalue weighted by atomic mass is 16.5. The highest BCUT2D eigenvalue weighted by Crippen LogP contribution is 2.58. The van der Waals surface area contributed by atoms with Crippen LogP contribution in [-0.2, 0) is 15.1 Å². The first-order valence-electron chi connectivity index (χ1n) is 10.7. The van der Waals surface area contributed by atoms with E-state index >= 15 is 0 Å². The molecule has 0 radical (unpaired) electrons. The monoisotopic (exact) mass is 394 g/mol. The molecule has 0 bridgehead atoms. The summed E-state index contributed by atoms with van der Waals surface area (Å²) in [5.74, 6) is 0.710. The fourth-order valence-corrected chi connectivity index (χ4v) is 5.17. The van der Waals surface area contributed by atoms with Gasteiger partial charge in [0.05, 0.1) is 17.8 Å². The normalized spacial score (nSPS) is 28.2. The summed E-state index contributed by atoms with van der Waals surface area (Å²) in [5, 5.41) is 4.62. The van der Waals surface area contributed by atoms with E-state index in [1.807, 2.05) is 23.1 Å². The molecule has 3 atom stereocenters. The number of ether oxygens (including phenoxy) is 1. The Labute approximate surface area is 172 Å².